The van der Waals surface area contributed by atoms with Crippen molar-refractivity contribution in [3.63, 3.8) is 0 Å². The lowest BCUT2D eigenvalue weighted by molar-refractivity contribution is -0.164. The highest BCUT2D eigenvalue weighted by molar-refractivity contribution is 5.97. The number of aliphatic hydroxyl groups is 2. The summed E-state index contributed by atoms with van der Waals surface area (Å²) in [5, 5.41) is 36.5. The van der Waals surface area contributed by atoms with Crippen molar-refractivity contribution < 1.29 is 34.0 Å². The molecule has 6 aliphatic rings. The van der Waals surface area contributed by atoms with E-state index >= 15 is 0 Å². The third kappa shape index (κ3) is 8.41. The van der Waals surface area contributed by atoms with Crippen molar-refractivity contribution in [2.45, 2.75) is 103 Å². The van der Waals surface area contributed by atoms with Crippen molar-refractivity contribution >= 4 is 50.8 Å². The molecule has 6 aliphatic heterocycles. The van der Waals surface area contributed by atoms with Crippen LogP contribution in [0.25, 0.3) is 27.4 Å². The second-order valence-electron chi connectivity index (χ2n) is 20.2. The molecule has 8 heterocycles. The molecule has 0 aliphatic carbocycles. The molecule has 2 fully saturated rings. The van der Waals surface area contributed by atoms with Crippen molar-refractivity contribution in [3.8, 4) is 17.8 Å². The van der Waals surface area contributed by atoms with E-state index in [0.717, 1.165) is 71.5 Å². The van der Waals surface area contributed by atoms with Gasteiger partial charge in [0.1, 0.15) is 31.4 Å². The molecular formula is C57H63N9O7. The summed E-state index contributed by atoms with van der Waals surface area (Å²) in [6, 6.07) is 21.2. The number of benzene rings is 3. The van der Waals surface area contributed by atoms with E-state index in [1.165, 1.54) is 22.0 Å². The molecule has 5 aromatic rings. The van der Waals surface area contributed by atoms with Crippen LogP contribution in [0.3, 0.4) is 0 Å². The third-order valence-corrected chi connectivity index (χ3v) is 16.2. The largest absolute Gasteiger partial charge is 0.489 e. The number of piperazine rings is 1. The molecule has 0 radical (unpaired) electrons. The Morgan fingerprint density at radius 1 is 1.00 bits per heavy atom. The lowest BCUT2D eigenvalue weighted by atomic mass is 9.82. The Hall–Kier alpha value is -7.06. The van der Waals surface area contributed by atoms with Gasteiger partial charge >= 0.3 is 12.0 Å². The number of fused-ring (bicyclic) bond motifs is 6. The van der Waals surface area contributed by atoms with E-state index in [1.54, 1.807) is 19.1 Å². The Balaban J connectivity index is 0.819. The standard InChI is InChI=1S/C57H63N9O7/c1-6-35(31-71-39-17-18-46-42(26-39)40(7-2)43-29-66-49(51(43)59-46)27-45-44(54(66)68)33-72-55(69)57(45,70)8-3)53(67)65-25-24-64(28-37(65)19-21-58)52-41-20-23-63(48-16-10-14-36-13-9-12-34(4)50(36)48)30-47(41)60-56(61-52)73-32-38-15-11-22-62(38)5/h6,9-10,12-14,16-18,26-27,37-38,54,68,70H,7-8,11,15,19-20,22-25,28-33H2,1-5H3/b35-6+/t37-,38-,54?,57-/m0/s1. The number of aliphatic hydroxyl groups excluding tert-OH is 1. The first-order chi connectivity index (χ1) is 35.4. The molecule has 16 heteroatoms. The Bertz CT molecular complexity index is 3190. The zero-order valence-corrected chi connectivity index (χ0v) is 42.4. The number of hydrogen-bond donors (Lipinski definition) is 2. The topological polar surface area (TPSA) is 181 Å². The number of likely N-dealkylation sites (tertiary alicyclic amines) is 1. The van der Waals surface area contributed by atoms with Gasteiger partial charge in [0.2, 0.25) is 0 Å². The van der Waals surface area contributed by atoms with Crippen LogP contribution in [-0.4, -0.2) is 135 Å². The predicted octanol–water partition coefficient (Wildman–Crippen LogP) is 6.52. The average molecular weight is 986 g/mol. The van der Waals surface area contributed by atoms with Crippen molar-refractivity contribution in [1.29, 1.82) is 5.26 Å². The number of nitrogens with zero attached hydrogens (tertiary/aromatic N) is 9. The monoisotopic (exact) mass is 985 g/mol. The number of esters is 1. The van der Waals surface area contributed by atoms with Crippen molar-refractivity contribution in [2.75, 3.05) is 69.4 Å². The molecule has 4 atom stereocenters. The first-order valence-electron chi connectivity index (χ1n) is 25.8. The SMILES string of the molecule is C/C=C(\COc1ccc2nc3c(c(CC)c2c1)CN1C3=CC2=C(COC(=O)[C@]2(O)CC)C1O)C(=O)N1CCN(c2nc(OC[C@@H]3CCCN3C)nc3c2CCN(c2cccc4cccc(C)c24)C3)C[C@@H]1CC#N. The maximum Gasteiger partial charge on any atom is 0.343 e. The van der Waals surface area contributed by atoms with Crippen molar-refractivity contribution in [3.05, 3.63) is 117 Å². The Morgan fingerprint density at radius 3 is 2.60 bits per heavy atom. The number of carbonyl (C=O) groups is 2. The summed E-state index contributed by atoms with van der Waals surface area (Å²) >= 11 is 0. The van der Waals surface area contributed by atoms with Gasteiger partial charge in [-0.1, -0.05) is 50.3 Å². The molecule has 3 aromatic carbocycles. The highest BCUT2D eigenvalue weighted by atomic mass is 16.6. The molecule has 1 unspecified atom stereocenters. The second-order valence-corrected chi connectivity index (χ2v) is 20.2. The molecule has 1 amide bonds. The van der Waals surface area contributed by atoms with Crippen molar-refractivity contribution in [2.24, 2.45) is 0 Å². The predicted molar refractivity (Wildman–Crippen MR) is 278 cm³/mol. The number of likely N-dealkylation sites (N-methyl/N-ethyl adjacent to an activating group) is 1. The smallest absolute Gasteiger partial charge is 0.343 e. The van der Waals surface area contributed by atoms with Gasteiger partial charge in [-0.05, 0) is 106 Å². The number of pyridine rings is 1. The molecule has 16 nitrogen and oxygen atoms in total. The molecule has 73 heavy (non-hydrogen) atoms. The van der Waals surface area contributed by atoms with E-state index in [4.69, 9.17) is 29.2 Å². The van der Waals surface area contributed by atoms with E-state index in [0.29, 0.717) is 91.7 Å². The molecule has 0 bridgehead atoms. The molecule has 2 aromatic heterocycles. The molecule has 378 valence electrons. The zero-order valence-electron chi connectivity index (χ0n) is 42.4. The number of cyclic esters (lactones) is 1. The van der Waals surface area contributed by atoms with Gasteiger partial charge in [-0.25, -0.2) is 9.78 Å². The van der Waals surface area contributed by atoms with Gasteiger partial charge in [-0.2, -0.15) is 15.2 Å². The van der Waals surface area contributed by atoms with Gasteiger partial charge < -0.3 is 48.9 Å². The first kappa shape index (κ1) is 48.2. The van der Waals surface area contributed by atoms with Crippen LogP contribution in [-0.2, 0) is 40.3 Å². The van der Waals surface area contributed by atoms with Crippen LogP contribution in [0.4, 0.5) is 11.5 Å². The van der Waals surface area contributed by atoms with Crippen LogP contribution in [0.2, 0.25) is 0 Å². The number of anilines is 2. The first-order valence-corrected chi connectivity index (χ1v) is 25.8. The molecule has 2 N–H and O–H groups in total. The van der Waals surface area contributed by atoms with Gasteiger partial charge in [0, 0.05) is 77.5 Å². The maximum absolute atomic E-state index is 14.6. The summed E-state index contributed by atoms with van der Waals surface area (Å²) in [7, 11) is 2.14. The number of ether oxygens (including phenoxy) is 3. The van der Waals surface area contributed by atoms with Crippen LogP contribution in [0.15, 0.2) is 83.5 Å². The molecule has 0 spiro atoms. The molecule has 0 saturated carbocycles. The lowest BCUT2D eigenvalue weighted by Crippen LogP contribution is -2.56. The number of hydrogen-bond acceptors (Lipinski definition) is 15. The number of allylic oxidation sites excluding steroid dienone is 1. The normalized spacial score (nSPS) is 23.0. The van der Waals surface area contributed by atoms with E-state index in [9.17, 15) is 25.1 Å². The summed E-state index contributed by atoms with van der Waals surface area (Å²) in [6.07, 6.45) is 6.35. The highest BCUT2D eigenvalue weighted by Gasteiger charge is 2.50. The fraction of sp³-hybridized carbons (Fsp3) is 0.439. The van der Waals surface area contributed by atoms with E-state index < -0.39 is 23.8 Å². The summed E-state index contributed by atoms with van der Waals surface area (Å²) in [6.45, 7) is 12.4. The number of rotatable bonds is 12. The quantitative estimate of drug-likeness (QED) is 0.102. The van der Waals surface area contributed by atoms with Crippen LogP contribution in [0.5, 0.6) is 11.8 Å². The Kier molecular flexibility index (Phi) is 12.8. The van der Waals surface area contributed by atoms with E-state index in [2.05, 4.69) is 78.1 Å². The Labute approximate surface area is 425 Å². The van der Waals surface area contributed by atoms with Gasteiger partial charge in [0.25, 0.3) is 5.91 Å². The molecule has 11 rings (SSSR count). The van der Waals surface area contributed by atoms with Crippen LogP contribution >= 0.6 is 0 Å². The van der Waals surface area contributed by atoms with E-state index in [-0.39, 0.29) is 32.0 Å². The van der Waals surface area contributed by atoms with Gasteiger partial charge in [-0.15, -0.1) is 0 Å². The van der Waals surface area contributed by atoms with Crippen LogP contribution < -0.4 is 19.3 Å². The van der Waals surface area contributed by atoms with Crippen LogP contribution in [0.1, 0.15) is 80.1 Å². The fourth-order valence-corrected chi connectivity index (χ4v) is 12.0. The lowest BCUT2D eigenvalue weighted by Gasteiger charge is -2.42. The van der Waals surface area contributed by atoms with E-state index in [1.807, 2.05) is 34.9 Å². The minimum absolute atomic E-state index is 0.0222. The third-order valence-electron chi connectivity index (χ3n) is 16.2. The highest BCUT2D eigenvalue weighted by Crippen LogP contribution is 2.46. The molecule has 2 saturated heterocycles. The fourth-order valence-electron chi connectivity index (χ4n) is 12.0. The van der Waals surface area contributed by atoms with Crippen LogP contribution in [0, 0.1) is 18.3 Å². The van der Waals surface area contributed by atoms with Crippen molar-refractivity contribution in [1.82, 2.24) is 29.7 Å². The number of carbonyl (C=O) groups excluding carboxylic acids is 2. The number of aryl methyl sites for hydroxylation is 2. The maximum atomic E-state index is 14.6. The summed E-state index contributed by atoms with van der Waals surface area (Å²) in [5.41, 5.74) is 8.01. The minimum atomic E-state index is -1.85. The average Bonchev–Trinajstić information content (AvgIpc) is 4.00. The number of nitriles is 1. The summed E-state index contributed by atoms with van der Waals surface area (Å²) < 4.78 is 18.2. The summed E-state index contributed by atoms with van der Waals surface area (Å²) in [4.78, 5) is 53.3. The van der Waals surface area contributed by atoms with Gasteiger partial charge in [-0.3, -0.25) is 4.79 Å². The minimum Gasteiger partial charge on any atom is -0.489 e. The number of amides is 1. The zero-order chi connectivity index (χ0) is 50.7. The second kappa shape index (κ2) is 19.4. The van der Waals surface area contributed by atoms with Gasteiger partial charge in [0.15, 0.2) is 11.8 Å². The van der Waals surface area contributed by atoms with Gasteiger partial charge in [0.05, 0.1) is 53.3 Å². The number of aromatic nitrogens is 3. The molecular weight excluding hydrogens is 923 g/mol. The summed E-state index contributed by atoms with van der Waals surface area (Å²) in [5.74, 6) is 0.500. The Morgan fingerprint density at radius 2 is 1.84 bits per heavy atom.